The largest absolute Gasteiger partial charge is 0.464 e. The minimum Gasteiger partial charge on any atom is -0.464 e. The van der Waals surface area contributed by atoms with Gasteiger partial charge in [0, 0.05) is 12.8 Å². The van der Waals surface area contributed by atoms with Crippen LogP contribution in [0, 0.1) is 0 Å². The summed E-state index contributed by atoms with van der Waals surface area (Å²) in [5.74, 6) is -2.04. The number of esters is 2. The van der Waals surface area contributed by atoms with Crippen molar-refractivity contribution in [3.8, 4) is 0 Å². The van der Waals surface area contributed by atoms with E-state index >= 15 is 0 Å². The van der Waals surface area contributed by atoms with Crippen LogP contribution in [0.2, 0.25) is 0 Å². The molecular weight excluding hydrogens is 300 g/mol. The molecule has 0 spiro atoms. The predicted molar refractivity (Wildman–Crippen MR) is 84.8 cm³/mol. The zero-order valence-corrected chi connectivity index (χ0v) is 14.8. The first-order valence-electron chi connectivity index (χ1n) is 8.72. The molecule has 0 radical (unpaired) electrons. The highest BCUT2D eigenvalue weighted by molar-refractivity contribution is 5.86. The standard InChI is InChI=1S/C17H30O6/c1-5-9-11-17(12-10-6-2)22-13(15(18)20-7-3)14(23-17)16(19)21-8-4/h13-14H,5-12H2,1-4H3/t13-,14-/m1/s1. The molecule has 0 saturated carbocycles. The highest BCUT2D eigenvalue weighted by Crippen LogP contribution is 2.38. The summed E-state index contributed by atoms with van der Waals surface area (Å²) in [6.07, 6.45) is 2.95. The monoisotopic (exact) mass is 330 g/mol. The first kappa shape index (κ1) is 19.9. The fourth-order valence-corrected chi connectivity index (χ4v) is 2.66. The van der Waals surface area contributed by atoms with Gasteiger partial charge < -0.3 is 18.9 Å². The molecule has 0 bridgehead atoms. The zero-order valence-electron chi connectivity index (χ0n) is 14.8. The van der Waals surface area contributed by atoms with Gasteiger partial charge in [-0.05, 0) is 26.7 Å². The van der Waals surface area contributed by atoms with Gasteiger partial charge in [0.15, 0.2) is 18.0 Å². The minimum absolute atomic E-state index is 0.227. The van der Waals surface area contributed by atoms with E-state index in [1.807, 2.05) is 0 Å². The topological polar surface area (TPSA) is 71.1 Å². The van der Waals surface area contributed by atoms with E-state index in [9.17, 15) is 9.59 Å². The second kappa shape index (κ2) is 9.88. The highest BCUT2D eigenvalue weighted by Gasteiger charge is 2.54. The van der Waals surface area contributed by atoms with Gasteiger partial charge >= 0.3 is 11.9 Å². The lowest BCUT2D eigenvalue weighted by Gasteiger charge is -2.28. The van der Waals surface area contributed by atoms with Crippen molar-refractivity contribution < 1.29 is 28.5 Å². The summed E-state index contributed by atoms with van der Waals surface area (Å²) < 4.78 is 22.0. The Hall–Kier alpha value is -1.14. The summed E-state index contributed by atoms with van der Waals surface area (Å²) in [7, 11) is 0. The lowest BCUT2D eigenvalue weighted by Crippen LogP contribution is -2.39. The molecule has 1 aliphatic heterocycles. The molecule has 134 valence electrons. The predicted octanol–water partition coefficient (Wildman–Crippen LogP) is 2.97. The summed E-state index contributed by atoms with van der Waals surface area (Å²) in [5.41, 5.74) is 0. The van der Waals surface area contributed by atoms with Crippen molar-refractivity contribution in [1.82, 2.24) is 0 Å². The Kier molecular flexibility index (Phi) is 8.55. The Morgan fingerprint density at radius 3 is 1.52 bits per heavy atom. The average molecular weight is 330 g/mol. The SMILES string of the molecule is CCCCC1(CCCC)O[C@@H](C(=O)OCC)[C@H](C(=O)OCC)O1. The molecular formula is C17H30O6. The van der Waals surface area contributed by atoms with Crippen molar-refractivity contribution in [2.45, 2.75) is 84.2 Å². The van der Waals surface area contributed by atoms with Crippen LogP contribution in [0.5, 0.6) is 0 Å². The number of ether oxygens (including phenoxy) is 4. The van der Waals surface area contributed by atoms with Crippen LogP contribution in [0.1, 0.15) is 66.2 Å². The molecule has 0 aromatic carbocycles. The minimum atomic E-state index is -1.05. The van der Waals surface area contributed by atoms with Gasteiger partial charge in [0.25, 0.3) is 0 Å². The van der Waals surface area contributed by atoms with Crippen LogP contribution in [0.3, 0.4) is 0 Å². The van der Waals surface area contributed by atoms with E-state index in [0.717, 1.165) is 25.7 Å². The Bertz CT molecular complexity index is 345. The Labute approximate surface area is 138 Å². The van der Waals surface area contributed by atoms with Gasteiger partial charge in [0.2, 0.25) is 0 Å². The van der Waals surface area contributed by atoms with E-state index in [0.29, 0.717) is 12.8 Å². The molecule has 1 saturated heterocycles. The molecule has 0 aromatic heterocycles. The molecule has 6 heteroatoms. The lowest BCUT2D eigenvalue weighted by molar-refractivity contribution is -0.197. The summed E-state index contributed by atoms with van der Waals surface area (Å²) in [6.45, 7) is 8.04. The number of rotatable bonds is 10. The number of hydrogen-bond acceptors (Lipinski definition) is 6. The van der Waals surface area contributed by atoms with Crippen LogP contribution in [-0.2, 0) is 28.5 Å². The fraction of sp³-hybridized carbons (Fsp3) is 0.882. The van der Waals surface area contributed by atoms with Gasteiger partial charge in [-0.15, -0.1) is 0 Å². The van der Waals surface area contributed by atoms with Crippen LogP contribution >= 0.6 is 0 Å². The normalized spacial score (nSPS) is 22.8. The molecule has 0 amide bonds. The molecule has 0 aliphatic carbocycles. The maximum Gasteiger partial charge on any atom is 0.338 e. The summed E-state index contributed by atoms with van der Waals surface area (Å²) in [6, 6.07) is 0. The van der Waals surface area contributed by atoms with E-state index in [4.69, 9.17) is 18.9 Å². The zero-order chi connectivity index (χ0) is 17.3. The molecule has 1 aliphatic rings. The molecule has 0 aromatic rings. The van der Waals surface area contributed by atoms with E-state index < -0.39 is 29.9 Å². The summed E-state index contributed by atoms with van der Waals surface area (Å²) >= 11 is 0. The van der Waals surface area contributed by atoms with Crippen molar-refractivity contribution in [3.63, 3.8) is 0 Å². The fourth-order valence-electron chi connectivity index (χ4n) is 2.66. The van der Waals surface area contributed by atoms with Crippen molar-refractivity contribution >= 4 is 11.9 Å². The Morgan fingerprint density at radius 2 is 1.22 bits per heavy atom. The van der Waals surface area contributed by atoms with Gasteiger partial charge in [-0.25, -0.2) is 9.59 Å². The molecule has 0 N–H and O–H groups in total. The van der Waals surface area contributed by atoms with Gasteiger partial charge in [-0.1, -0.05) is 26.7 Å². The molecule has 2 atom stereocenters. The van der Waals surface area contributed by atoms with Crippen molar-refractivity contribution in [2.75, 3.05) is 13.2 Å². The molecule has 1 heterocycles. The van der Waals surface area contributed by atoms with Gasteiger partial charge in [-0.2, -0.15) is 0 Å². The molecule has 1 rings (SSSR count). The van der Waals surface area contributed by atoms with E-state index in [1.54, 1.807) is 13.8 Å². The second-order valence-corrected chi connectivity index (χ2v) is 5.70. The van der Waals surface area contributed by atoms with Crippen LogP contribution in [0.25, 0.3) is 0 Å². The molecule has 6 nitrogen and oxygen atoms in total. The number of hydrogen-bond donors (Lipinski definition) is 0. The average Bonchev–Trinajstić information content (AvgIpc) is 2.92. The van der Waals surface area contributed by atoms with E-state index in [2.05, 4.69) is 13.8 Å². The van der Waals surface area contributed by atoms with Crippen LogP contribution < -0.4 is 0 Å². The quantitative estimate of drug-likeness (QED) is 0.574. The second-order valence-electron chi connectivity index (χ2n) is 5.70. The van der Waals surface area contributed by atoms with Crippen LogP contribution in [-0.4, -0.2) is 43.1 Å². The van der Waals surface area contributed by atoms with Crippen LogP contribution in [0.15, 0.2) is 0 Å². The van der Waals surface area contributed by atoms with Gasteiger partial charge in [0.05, 0.1) is 13.2 Å². The smallest absolute Gasteiger partial charge is 0.338 e. The summed E-state index contributed by atoms with van der Waals surface area (Å²) in [4.78, 5) is 24.3. The maximum absolute atomic E-state index is 12.2. The Morgan fingerprint density at radius 1 is 0.826 bits per heavy atom. The maximum atomic E-state index is 12.2. The van der Waals surface area contributed by atoms with Crippen molar-refractivity contribution in [2.24, 2.45) is 0 Å². The van der Waals surface area contributed by atoms with Gasteiger partial charge in [-0.3, -0.25) is 0 Å². The highest BCUT2D eigenvalue weighted by atomic mass is 16.8. The number of carbonyl (C=O) groups excluding carboxylic acids is 2. The van der Waals surface area contributed by atoms with Crippen LogP contribution in [0.4, 0.5) is 0 Å². The molecule has 0 unspecified atom stereocenters. The first-order chi connectivity index (χ1) is 11.0. The van der Waals surface area contributed by atoms with Crippen molar-refractivity contribution in [3.05, 3.63) is 0 Å². The van der Waals surface area contributed by atoms with Gasteiger partial charge in [0.1, 0.15) is 0 Å². The third-order valence-electron chi connectivity index (χ3n) is 3.82. The van der Waals surface area contributed by atoms with Crippen molar-refractivity contribution in [1.29, 1.82) is 0 Å². The number of carbonyl (C=O) groups is 2. The molecule has 23 heavy (non-hydrogen) atoms. The molecule has 1 fully saturated rings. The third kappa shape index (κ3) is 5.46. The first-order valence-corrected chi connectivity index (χ1v) is 8.72. The number of unbranched alkanes of at least 4 members (excludes halogenated alkanes) is 2. The third-order valence-corrected chi connectivity index (χ3v) is 3.82. The summed E-state index contributed by atoms with van der Waals surface area (Å²) in [5, 5.41) is 0. The van der Waals surface area contributed by atoms with E-state index in [-0.39, 0.29) is 13.2 Å². The lowest BCUT2D eigenvalue weighted by atomic mass is 10.0. The van der Waals surface area contributed by atoms with E-state index in [1.165, 1.54) is 0 Å². The Balaban J connectivity index is 2.96.